The van der Waals surface area contributed by atoms with Crippen LogP contribution in [0.1, 0.15) is 53.5 Å². The highest BCUT2D eigenvalue weighted by Gasteiger charge is 2.46. The molecule has 1 aromatic rings. The van der Waals surface area contributed by atoms with Gasteiger partial charge in [-0.2, -0.15) is 0 Å². The Morgan fingerprint density at radius 2 is 1.71 bits per heavy atom. The molecule has 10 nitrogen and oxygen atoms in total. The van der Waals surface area contributed by atoms with Crippen LogP contribution in [0.25, 0.3) is 0 Å². The normalized spacial score (nSPS) is 19.0. The van der Waals surface area contributed by atoms with Gasteiger partial charge in [0.1, 0.15) is 23.2 Å². The number of esters is 1. The predicted molar refractivity (Wildman–Crippen MR) is 128 cm³/mol. The van der Waals surface area contributed by atoms with E-state index in [1.54, 1.807) is 34.6 Å². The van der Waals surface area contributed by atoms with Crippen LogP contribution in [0.3, 0.4) is 0 Å². The van der Waals surface area contributed by atoms with Gasteiger partial charge in [0.05, 0.1) is 19.8 Å². The number of nitrogens with zero attached hydrogens (tertiary/aromatic N) is 1. The van der Waals surface area contributed by atoms with Crippen molar-refractivity contribution in [3.63, 3.8) is 0 Å². The summed E-state index contributed by atoms with van der Waals surface area (Å²) in [7, 11) is 1.26. The second-order valence-corrected chi connectivity index (χ2v) is 10.1. The molecule has 0 bridgehead atoms. The fourth-order valence-corrected chi connectivity index (χ4v) is 3.67. The van der Waals surface area contributed by atoms with Crippen molar-refractivity contribution in [2.45, 2.75) is 83.9 Å². The summed E-state index contributed by atoms with van der Waals surface area (Å²) < 4.78 is 16.0. The summed E-state index contributed by atoms with van der Waals surface area (Å²) >= 11 is 0. The van der Waals surface area contributed by atoms with Crippen molar-refractivity contribution in [2.75, 3.05) is 13.7 Å². The Labute approximate surface area is 206 Å². The van der Waals surface area contributed by atoms with Crippen molar-refractivity contribution in [1.82, 2.24) is 15.5 Å². The largest absolute Gasteiger partial charge is 0.467 e. The number of hydrogen-bond acceptors (Lipinski definition) is 7. The molecule has 1 saturated heterocycles. The van der Waals surface area contributed by atoms with Gasteiger partial charge >= 0.3 is 12.1 Å². The van der Waals surface area contributed by atoms with E-state index in [0.717, 1.165) is 5.56 Å². The third-order valence-electron chi connectivity index (χ3n) is 5.42. The Morgan fingerprint density at radius 3 is 2.29 bits per heavy atom. The van der Waals surface area contributed by atoms with E-state index in [-0.39, 0.29) is 19.1 Å². The lowest BCUT2D eigenvalue weighted by molar-refractivity contribution is -0.153. The van der Waals surface area contributed by atoms with Crippen LogP contribution in [0.15, 0.2) is 30.3 Å². The van der Waals surface area contributed by atoms with Crippen molar-refractivity contribution in [1.29, 1.82) is 0 Å². The number of likely N-dealkylation sites (tertiary alicyclic amines) is 1. The van der Waals surface area contributed by atoms with Gasteiger partial charge in [-0.3, -0.25) is 9.59 Å². The van der Waals surface area contributed by atoms with Gasteiger partial charge in [0, 0.05) is 13.0 Å². The molecular weight excluding hydrogens is 454 g/mol. The molecule has 2 rings (SSSR count). The summed E-state index contributed by atoms with van der Waals surface area (Å²) in [5.41, 5.74) is -1.10. The molecule has 10 heteroatoms. The lowest BCUT2D eigenvalue weighted by Gasteiger charge is -2.33. The van der Waals surface area contributed by atoms with Gasteiger partial charge in [-0.15, -0.1) is 0 Å². The monoisotopic (exact) mass is 491 g/mol. The number of benzene rings is 1. The van der Waals surface area contributed by atoms with Crippen LogP contribution in [-0.2, 0) is 35.2 Å². The van der Waals surface area contributed by atoms with E-state index in [9.17, 15) is 19.2 Å². The maximum atomic E-state index is 13.4. The average molecular weight is 492 g/mol. The quantitative estimate of drug-likeness (QED) is 0.534. The summed E-state index contributed by atoms with van der Waals surface area (Å²) in [6.45, 7) is 10.2. The predicted octanol–water partition coefficient (Wildman–Crippen LogP) is 2.15. The van der Waals surface area contributed by atoms with Crippen molar-refractivity contribution in [3.05, 3.63) is 35.9 Å². The first-order valence-electron chi connectivity index (χ1n) is 11.6. The van der Waals surface area contributed by atoms with Crippen molar-refractivity contribution in [3.8, 4) is 0 Å². The Kier molecular flexibility index (Phi) is 9.25. The van der Waals surface area contributed by atoms with Crippen molar-refractivity contribution < 1.29 is 33.4 Å². The van der Waals surface area contributed by atoms with Gasteiger partial charge in [-0.05, 0) is 47.1 Å². The van der Waals surface area contributed by atoms with Gasteiger partial charge in [0.25, 0.3) is 0 Å². The van der Waals surface area contributed by atoms with E-state index < -0.39 is 47.1 Å². The molecule has 0 spiro atoms. The fourth-order valence-electron chi connectivity index (χ4n) is 3.67. The SMILES string of the molecule is COC(=O)[C@@H]1C[C@@H](OCc2ccccc2)CN1C(=O)C(C)(C)NC(=O)[C@H](C)NC(=O)OC(C)(C)C. The van der Waals surface area contributed by atoms with E-state index >= 15 is 0 Å². The van der Waals surface area contributed by atoms with Crippen LogP contribution >= 0.6 is 0 Å². The smallest absolute Gasteiger partial charge is 0.408 e. The van der Waals surface area contributed by atoms with Crippen molar-refractivity contribution in [2.24, 2.45) is 0 Å². The molecule has 0 saturated carbocycles. The van der Waals surface area contributed by atoms with E-state index in [4.69, 9.17) is 14.2 Å². The van der Waals surface area contributed by atoms with E-state index in [0.29, 0.717) is 6.61 Å². The number of amides is 3. The standard InChI is InChI=1S/C25H37N3O7/c1-16(26-23(32)35-24(2,3)4)20(29)27-25(5,6)22(31)28-14-18(13-19(28)21(30)33-7)34-15-17-11-9-8-10-12-17/h8-12,16,18-19H,13-15H2,1-7H3,(H,26,32)(H,27,29)/t16-,18+,19-/m0/s1. The average Bonchev–Trinajstić information content (AvgIpc) is 3.19. The number of methoxy groups -OCH3 is 1. The molecule has 1 heterocycles. The van der Waals surface area contributed by atoms with Crippen LogP contribution in [0.5, 0.6) is 0 Å². The lowest BCUT2D eigenvalue weighted by Crippen LogP contribution is -2.60. The van der Waals surface area contributed by atoms with Gasteiger partial charge in [-0.1, -0.05) is 30.3 Å². The molecule has 3 atom stereocenters. The summed E-state index contributed by atoms with van der Waals surface area (Å²) in [6, 6.07) is 7.80. The minimum atomic E-state index is -1.36. The third kappa shape index (κ3) is 8.24. The summed E-state index contributed by atoms with van der Waals surface area (Å²) in [4.78, 5) is 51.9. The summed E-state index contributed by atoms with van der Waals surface area (Å²) in [6.07, 6.45) is -0.832. The summed E-state index contributed by atoms with van der Waals surface area (Å²) in [5, 5.41) is 5.11. The number of ether oxygens (including phenoxy) is 3. The Balaban J connectivity index is 2.04. The first-order chi connectivity index (χ1) is 16.2. The second-order valence-electron chi connectivity index (χ2n) is 10.1. The number of nitrogens with one attached hydrogen (secondary N) is 2. The topological polar surface area (TPSA) is 123 Å². The molecule has 0 aromatic heterocycles. The zero-order valence-electron chi connectivity index (χ0n) is 21.5. The molecule has 1 aliphatic heterocycles. The van der Waals surface area contributed by atoms with Crippen LogP contribution in [0.4, 0.5) is 4.79 Å². The zero-order valence-corrected chi connectivity index (χ0v) is 21.5. The highest BCUT2D eigenvalue weighted by molar-refractivity contribution is 5.95. The Hall–Kier alpha value is -3.14. The molecular formula is C25H37N3O7. The molecule has 1 aromatic carbocycles. The maximum absolute atomic E-state index is 13.4. The lowest BCUT2D eigenvalue weighted by atomic mass is 10.0. The Bertz CT molecular complexity index is 911. The first-order valence-corrected chi connectivity index (χ1v) is 11.6. The minimum absolute atomic E-state index is 0.177. The number of alkyl carbamates (subject to hydrolysis) is 1. The molecule has 0 radical (unpaired) electrons. The van der Waals surface area contributed by atoms with Gasteiger partial charge in [-0.25, -0.2) is 9.59 Å². The molecule has 3 amide bonds. The van der Waals surface area contributed by atoms with Crippen LogP contribution in [0.2, 0.25) is 0 Å². The molecule has 2 N–H and O–H groups in total. The number of carbonyl (C=O) groups excluding carboxylic acids is 4. The van der Waals surface area contributed by atoms with Gasteiger partial charge < -0.3 is 29.7 Å². The molecule has 0 unspecified atom stereocenters. The number of rotatable bonds is 8. The first kappa shape index (κ1) is 28.1. The maximum Gasteiger partial charge on any atom is 0.408 e. The highest BCUT2D eigenvalue weighted by Crippen LogP contribution is 2.25. The molecule has 194 valence electrons. The Morgan fingerprint density at radius 1 is 1.09 bits per heavy atom. The number of hydrogen-bond donors (Lipinski definition) is 2. The number of carbonyl (C=O) groups is 4. The highest BCUT2D eigenvalue weighted by atomic mass is 16.6. The molecule has 1 fully saturated rings. The molecule has 1 aliphatic rings. The van der Waals surface area contributed by atoms with E-state index in [1.807, 2.05) is 30.3 Å². The molecule has 0 aliphatic carbocycles. The second kappa shape index (κ2) is 11.5. The van der Waals surface area contributed by atoms with Crippen LogP contribution in [0, 0.1) is 0 Å². The van der Waals surface area contributed by atoms with E-state index in [2.05, 4.69) is 10.6 Å². The van der Waals surface area contributed by atoms with Gasteiger partial charge in [0.2, 0.25) is 11.8 Å². The van der Waals surface area contributed by atoms with Crippen LogP contribution < -0.4 is 10.6 Å². The summed E-state index contributed by atoms with van der Waals surface area (Å²) in [5.74, 6) is -1.58. The minimum Gasteiger partial charge on any atom is -0.467 e. The fraction of sp³-hybridized carbons (Fsp3) is 0.600. The molecule has 35 heavy (non-hydrogen) atoms. The van der Waals surface area contributed by atoms with Crippen molar-refractivity contribution >= 4 is 23.9 Å². The zero-order chi connectivity index (χ0) is 26.4. The third-order valence-corrected chi connectivity index (χ3v) is 5.42. The van der Waals surface area contributed by atoms with Gasteiger partial charge in [0.15, 0.2) is 0 Å². The van der Waals surface area contributed by atoms with Crippen LogP contribution in [-0.4, -0.2) is 71.8 Å². The van der Waals surface area contributed by atoms with E-state index in [1.165, 1.54) is 18.9 Å².